The molecule has 2 N–H and O–H groups in total. The molecule has 6 atom stereocenters. The van der Waals surface area contributed by atoms with Crippen LogP contribution in [0.3, 0.4) is 0 Å². The summed E-state index contributed by atoms with van der Waals surface area (Å²) in [5.74, 6) is 0.386. The van der Waals surface area contributed by atoms with E-state index in [-0.39, 0.29) is 12.0 Å². The fourth-order valence-corrected chi connectivity index (χ4v) is 5.58. The van der Waals surface area contributed by atoms with Gasteiger partial charge in [-0.3, -0.25) is 9.69 Å². The second kappa shape index (κ2) is 4.99. The van der Waals surface area contributed by atoms with E-state index in [0.29, 0.717) is 23.9 Å². The van der Waals surface area contributed by atoms with Crippen LogP contribution in [0.5, 0.6) is 0 Å². The van der Waals surface area contributed by atoms with Gasteiger partial charge in [0.15, 0.2) is 0 Å². The minimum Gasteiger partial charge on any atom is -0.481 e. The lowest BCUT2D eigenvalue weighted by molar-refractivity contribution is -0.144. The molecular weight excluding hydrogens is 252 g/mol. The van der Waals surface area contributed by atoms with E-state index in [1.807, 2.05) is 0 Å². The van der Waals surface area contributed by atoms with Crippen LogP contribution in [0.25, 0.3) is 0 Å². The van der Waals surface area contributed by atoms with E-state index in [1.165, 1.54) is 45.2 Å². The van der Waals surface area contributed by atoms with Gasteiger partial charge in [-0.25, -0.2) is 0 Å². The van der Waals surface area contributed by atoms with Crippen LogP contribution in [-0.2, 0) is 4.79 Å². The Morgan fingerprint density at radius 2 is 1.90 bits per heavy atom. The predicted molar refractivity (Wildman–Crippen MR) is 76.5 cm³/mol. The van der Waals surface area contributed by atoms with E-state index in [2.05, 4.69) is 10.2 Å². The standard InChI is InChI=1S/C16H26N2O2/c19-16(20)14-10-4-5-11(9-10)15(14)17-12-6-8-18-7-2-1-3-13(12)18/h10-15,17H,1-9H2,(H,19,20). The number of hydrogen-bond donors (Lipinski definition) is 2. The van der Waals surface area contributed by atoms with E-state index in [1.54, 1.807) is 0 Å². The summed E-state index contributed by atoms with van der Waals surface area (Å²) in [6, 6.07) is 1.47. The lowest BCUT2D eigenvalue weighted by Crippen LogP contribution is -2.53. The summed E-state index contributed by atoms with van der Waals surface area (Å²) in [5, 5.41) is 13.4. The normalized spacial score (nSPS) is 47.6. The van der Waals surface area contributed by atoms with Gasteiger partial charge >= 0.3 is 5.97 Å². The highest BCUT2D eigenvalue weighted by Gasteiger charge is 2.52. The molecule has 2 bridgehead atoms. The Morgan fingerprint density at radius 3 is 2.75 bits per heavy atom. The molecule has 0 amide bonds. The zero-order chi connectivity index (χ0) is 13.7. The molecule has 0 spiro atoms. The first-order valence-corrected chi connectivity index (χ1v) is 8.47. The van der Waals surface area contributed by atoms with Crippen LogP contribution >= 0.6 is 0 Å². The van der Waals surface area contributed by atoms with Crippen molar-refractivity contribution in [3.63, 3.8) is 0 Å². The average molecular weight is 278 g/mol. The smallest absolute Gasteiger partial charge is 0.308 e. The minimum absolute atomic E-state index is 0.119. The maximum Gasteiger partial charge on any atom is 0.308 e. The fraction of sp³-hybridized carbons (Fsp3) is 0.938. The molecule has 2 aliphatic heterocycles. The second-order valence-corrected chi connectivity index (χ2v) is 7.38. The van der Waals surface area contributed by atoms with Crippen molar-refractivity contribution in [3.8, 4) is 0 Å². The minimum atomic E-state index is -0.562. The van der Waals surface area contributed by atoms with Crippen molar-refractivity contribution in [1.29, 1.82) is 0 Å². The highest BCUT2D eigenvalue weighted by molar-refractivity contribution is 5.72. The molecule has 2 saturated carbocycles. The molecule has 6 unspecified atom stereocenters. The zero-order valence-electron chi connectivity index (χ0n) is 12.1. The van der Waals surface area contributed by atoms with Crippen molar-refractivity contribution < 1.29 is 9.90 Å². The van der Waals surface area contributed by atoms with Crippen molar-refractivity contribution in [1.82, 2.24) is 10.2 Å². The third kappa shape index (κ3) is 2.00. The van der Waals surface area contributed by atoms with Gasteiger partial charge in [0.25, 0.3) is 0 Å². The lowest BCUT2D eigenvalue weighted by Gasteiger charge is -2.37. The quantitative estimate of drug-likeness (QED) is 0.825. The number of hydrogen-bond acceptors (Lipinski definition) is 3. The number of fused-ring (bicyclic) bond motifs is 3. The van der Waals surface area contributed by atoms with E-state index in [4.69, 9.17) is 0 Å². The Morgan fingerprint density at radius 1 is 1.05 bits per heavy atom. The van der Waals surface area contributed by atoms with Gasteiger partial charge in [0, 0.05) is 24.7 Å². The molecule has 0 aromatic heterocycles. The van der Waals surface area contributed by atoms with Gasteiger partial charge in [-0.1, -0.05) is 6.42 Å². The number of aliphatic carboxylic acids is 1. The van der Waals surface area contributed by atoms with Crippen LogP contribution < -0.4 is 5.32 Å². The Kier molecular flexibility index (Phi) is 3.26. The highest BCUT2D eigenvalue weighted by atomic mass is 16.4. The van der Waals surface area contributed by atoms with Crippen molar-refractivity contribution in [2.45, 2.75) is 63.1 Å². The Labute approximate surface area is 120 Å². The number of nitrogens with zero attached hydrogens (tertiary/aromatic N) is 1. The first kappa shape index (κ1) is 13.1. The van der Waals surface area contributed by atoms with E-state index in [0.717, 1.165) is 12.8 Å². The molecule has 4 heteroatoms. The molecule has 2 saturated heterocycles. The van der Waals surface area contributed by atoms with Gasteiger partial charge in [0.1, 0.15) is 0 Å². The van der Waals surface area contributed by atoms with Crippen LogP contribution in [-0.4, -0.2) is 47.2 Å². The second-order valence-electron chi connectivity index (χ2n) is 7.38. The van der Waals surface area contributed by atoms with Crippen LogP contribution in [0.4, 0.5) is 0 Å². The summed E-state index contributed by atoms with van der Waals surface area (Å²) < 4.78 is 0. The molecule has 0 radical (unpaired) electrons. The summed E-state index contributed by atoms with van der Waals surface area (Å²) in [4.78, 5) is 14.2. The summed E-state index contributed by atoms with van der Waals surface area (Å²) in [5.41, 5.74) is 0. The molecule has 0 aromatic carbocycles. The Balaban J connectivity index is 1.47. The van der Waals surface area contributed by atoms with Crippen LogP contribution in [0.1, 0.15) is 44.9 Å². The molecule has 112 valence electrons. The third-order valence-electron chi connectivity index (χ3n) is 6.46. The van der Waals surface area contributed by atoms with Gasteiger partial charge in [-0.05, 0) is 56.9 Å². The van der Waals surface area contributed by atoms with Gasteiger partial charge in [0.2, 0.25) is 0 Å². The number of piperidine rings is 1. The van der Waals surface area contributed by atoms with E-state index in [9.17, 15) is 9.90 Å². The van der Waals surface area contributed by atoms with Crippen molar-refractivity contribution in [2.24, 2.45) is 17.8 Å². The van der Waals surface area contributed by atoms with Crippen LogP contribution in [0.2, 0.25) is 0 Å². The molecule has 20 heavy (non-hydrogen) atoms. The predicted octanol–water partition coefficient (Wildman–Crippen LogP) is 1.70. The maximum atomic E-state index is 11.6. The molecule has 0 aromatic rings. The van der Waals surface area contributed by atoms with E-state index >= 15 is 0 Å². The number of nitrogens with one attached hydrogen (secondary N) is 1. The number of carbonyl (C=O) groups is 1. The fourth-order valence-electron chi connectivity index (χ4n) is 5.58. The molecule has 4 nitrogen and oxygen atoms in total. The monoisotopic (exact) mass is 278 g/mol. The zero-order valence-corrected chi connectivity index (χ0v) is 12.1. The summed E-state index contributed by atoms with van der Waals surface area (Å²) in [6.45, 7) is 2.46. The molecule has 4 aliphatic rings. The average Bonchev–Trinajstić information content (AvgIpc) is 3.13. The lowest BCUT2D eigenvalue weighted by atomic mass is 9.83. The van der Waals surface area contributed by atoms with Gasteiger partial charge < -0.3 is 10.4 Å². The largest absolute Gasteiger partial charge is 0.481 e. The third-order valence-corrected chi connectivity index (χ3v) is 6.46. The molecular formula is C16H26N2O2. The van der Waals surface area contributed by atoms with Crippen molar-refractivity contribution in [3.05, 3.63) is 0 Å². The van der Waals surface area contributed by atoms with Crippen LogP contribution in [0.15, 0.2) is 0 Å². The van der Waals surface area contributed by atoms with Crippen molar-refractivity contribution in [2.75, 3.05) is 13.1 Å². The van der Waals surface area contributed by atoms with Gasteiger partial charge in [0.05, 0.1) is 5.92 Å². The Hall–Kier alpha value is -0.610. The molecule has 2 aliphatic carbocycles. The highest BCUT2D eigenvalue weighted by Crippen LogP contribution is 2.49. The molecule has 4 fully saturated rings. The summed E-state index contributed by atoms with van der Waals surface area (Å²) >= 11 is 0. The number of rotatable bonds is 3. The SMILES string of the molecule is O=C(O)C1C2CCC(C2)C1NC1CCN2CCCCC12. The van der Waals surface area contributed by atoms with Crippen molar-refractivity contribution >= 4 is 5.97 Å². The van der Waals surface area contributed by atoms with Gasteiger partial charge in [-0.15, -0.1) is 0 Å². The topological polar surface area (TPSA) is 52.6 Å². The molecule has 4 rings (SSSR count). The summed E-state index contributed by atoms with van der Waals surface area (Å²) in [6.07, 6.45) is 8.73. The van der Waals surface area contributed by atoms with Crippen LogP contribution in [0, 0.1) is 17.8 Å². The summed E-state index contributed by atoms with van der Waals surface area (Å²) in [7, 11) is 0. The first-order chi connectivity index (χ1) is 9.74. The number of carboxylic acid groups (broad SMARTS) is 1. The number of carboxylic acids is 1. The van der Waals surface area contributed by atoms with E-state index < -0.39 is 5.97 Å². The van der Waals surface area contributed by atoms with Gasteiger partial charge in [-0.2, -0.15) is 0 Å². The maximum absolute atomic E-state index is 11.6. The Bertz CT molecular complexity index is 400. The first-order valence-electron chi connectivity index (χ1n) is 8.47. The molecule has 2 heterocycles.